The van der Waals surface area contributed by atoms with Gasteiger partial charge in [-0.05, 0) is 25.5 Å². The summed E-state index contributed by atoms with van der Waals surface area (Å²) in [5.41, 5.74) is 2.35. The predicted molar refractivity (Wildman–Crippen MR) is 61.5 cm³/mol. The average Bonchev–Trinajstić information content (AvgIpc) is 2.49. The van der Waals surface area contributed by atoms with E-state index in [1.165, 1.54) is 6.07 Å². The highest BCUT2D eigenvalue weighted by atomic mass is 19.1. The van der Waals surface area contributed by atoms with Crippen LogP contribution in [0.5, 0.6) is 0 Å². The summed E-state index contributed by atoms with van der Waals surface area (Å²) in [7, 11) is 1.89. The number of hydrogen-bond acceptors (Lipinski definition) is 1. The molecule has 0 aliphatic rings. The van der Waals surface area contributed by atoms with Crippen LogP contribution in [0.25, 0.3) is 11.0 Å². The Bertz CT molecular complexity index is 472. The van der Waals surface area contributed by atoms with Crippen molar-refractivity contribution in [1.29, 1.82) is 0 Å². The highest BCUT2D eigenvalue weighted by Gasteiger charge is 2.06. The molecule has 0 aliphatic carbocycles. The molecule has 0 saturated heterocycles. The van der Waals surface area contributed by atoms with E-state index in [0.717, 1.165) is 16.9 Å². The second-order valence-corrected chi connectivity index (χ2v) is 3.31. The fourth-order valence-corrected chi connectivity index (χ4v) is 1.44. The van der Waals surface area contributed by atoms with Crippen molar-refractivity contribution < 1.29 is 4.39 Å². The van der Waals surface area contributed by atoms with Crippen molar-refractivity contribution in [2.75, 3.05) is 0 Å². The molecule has 0 aliphatic heterocycles. The van der Waals surface area contributed by atoms with Crippen molar-refractivity contribution >= 4 is 11.0 Å². The van der Waals surface area contributed by atoms with Gasteiger partial charge in [0, 0.05) is 13.1 Å². The normalized spacial score (nSPS) is 10.0. The Morgan fingerprint density at radius 2 is 1.80 bits per heavy atom. The highest BCUT2D eigenvalue weighted by Crippen LogP contribution is 2.18. The Morgan fingerprint density at radius 1 is 1.20 bits per heavy atom. The van der Waals surface area contributed by atoms with Gasteiger partial charge in [-0.15, -0.1) is 0 Å². The maximum absolute atomic E-state index is 13.2. The van der Waals surface area contributed by atoms with E-state index in [9.17, 15) is 4.39 Å². The molecule has 0 radical (unpaired) electrons. The van der Waals surface area contributed by atoms with Gasteiger partial charge in [-0.1, -0.05) is 13.8 Å². The first-order chi connectivity index (χ1) is 7.09. The summed E-state index contributed by atoms with van der Waals surface area (Å²) < 4.78 is 15.1. The van der Waals surface area contributed by atoms with Crippen LogP contribution in [0.3, 0.4) is 0 Å². The van der Waals surface area contributed by atoms with Crippen LogP contribution >= 0.6 is 0 Å². The fraction of sp³-hybridized carbons (Fsp3) is 0.417. The van der Waals surface area contributed by atoms with Gasteiger partial charge in [0.25, 0.3) is 0 Å². The van der Waals surface area contributed by atoms with Gasteiger partial charge in [0.1, 0.15) is 11.6 Å². The number of halogens is 1. The third-order valence-corrected chi connectivity index (χ3v) is 2.38. The van der Waals surface area contributed by atoms with Crippen LogP contribution < -0.4 is 0 Å². The minimum atomic E-state index is -0.171. The van der Waals surface area contributed by atoms with E-state index < -0.39 is 0 Å². The quantitative estimate of drug-likeness (QED) is 0.649. The van der Waals surface area contributed by atoms with E-state index >= 15 is 0 Å². The zero-order valence-electron chi connectivity index (χ0n) is 9.93. The molecule has 3 heteroatoms. The van der Waals surface area contributed by atoms with Crippen LogP contribution in [-0.4, -0.2) is 9.55 Å². The maximum atomic E-state index is 13.2. The van der Waals surface area contributed by atoms with E-state index in [-0.39, 0.29) is 5.82 Å². The second-order valence-electron chi connectivity index (χ2n) is 3.31. The summed E-state index contributed by atoms with van der Waals surface area (Å²) in [6, 6.07) is 3.31. The summed E-state index contributed by atoms with van der Waals surface area (Å²) in [4.78, 5) is 4.31. The minimum absolute atomic E-state index is 0.171. The number of rotatable bonds is 0. The lowest BCUT2D eigenvalue weighted by Crippen LogP contribution is -1.91. The van der Waals surface area contributed by atoms with Crippen LogP contribution in [0.2, 0.25) is 0 Å². The molecule has 1 heterocycles. The lowest BCUT2D eigenvalue weighted by atomic mass is 10.2. The highest BCUT2D eigenvalue weighted by molar-refractivity contribution is 5.76. The molecular weight excluding hydrogens is 191 g/mol. The van der Waals surface area contributed by atoms with E-state index in [1.807, 2.05) is 32.4 Å². The molecule has 2 rings (SSSR count). The molecule has 0 spiro atoms. The first kappa shape index (κ1) is 11.7. The number of benzene rings is 1. The number of aryl methyl sites for hydroxylation is 3. The smallest absolute Gasteiger partial charge is 0.128 e. The monoisotopic (exact) mass is 208 g/mol. The Balaban J connectivity index is 0.000000531. The standard InChI is InChI=1S/C10H11FN2.C2H6/c1-6-4-9-10(5-8(6)11)13(3)7(2)12-9;1-2/h4-5H,1-3H3;1-2H3. The Labute approximate surface area is 89.7 Å². The first-order valence-electron chi connectivity index (χ1n) is 5.19. The first-order valence-corrected chi connectivity index (χ1v) is 5.19. The minimum Gasteiger partial charge on any atom is -0.331 e. The second kappa shape index (κ2) is 4.43. The molecule has 82 valence electrons. The molecule has 1 aromatic carbocycles. The molecule has 0 saturated carbocycles. The molecule has 2 nitrogen and oxygen atoms in total. The summed E-state index contributed by atoms with van der Waals surface area (Å²) in [5.74, 6) is 0.732. The van der Waals surface area contributed by atoms with Gasteiger partial charge < -0.3 is 4.57 Å². The van der Waals surface area contributed by atoms with Crippen LogP contribution in [0.4, 0.5) is 4.39 Å². The number of imidazole rings is 1. The third-order valence-electron chi connectivity index (χ3n) is 2.38. The Kier molecular flexibility index (Phi) is 3.45. The summed E-state index contributed by atoms with van der Waals surface area (Å²) in [6.45, 7) is 7.66. The van der Waals surface area contributed by atoms with Crippen molar-refractivity contribution in [3.63, 3.8) is 0 Å². The molecule has 0 N–H and O–H groups in total. The van der Waals surface area contributed by atoms with Gasteiger partial charge in [0.15, 0.2) is 0 Å². The predicted octanol–water partition coefficient (Wildman–Crippen LogP) is 3.36. The van der Waals surface area contributed by atoms with Crippen molar-refractivity contribution in [3.05, 3.63) is 29.3 Å². The zero-order valence-corrected chi connectivity index (χ0v) is 9.93. The van der Waals surface area contributed by atoms with E-state index in [2.05, 4.69) is 4.98 Å². The van der Waals surface area contributed by atoms with Crippen LogP contribution in [0, 0.1) is 19.7 Å². The van der Waals surface area contributed by atoms with Gasteiger partial charge >= 0.3 is 0 Å². The topological polar surface area (TPSA) is 17.8 Å². The summed E-state index contributed by atoms with van der Waals surface area (Å²) in [6.07, 6.45) is 0. The zero-order chi connectivity index (χ0) is 11.6. The molecule has 0 fully saturated rings. The summed E-state index contributed by atoms with van der Waals surface area (Å²) in [5, 5.41) is 0. The molecule has 15 heavy (non-hydrogen) atoms. The van der Waals surface area contributed by atoms with Crippen molar-refractivity contribution in [2.45, 2.75) is 27.7 Å². The van der Waals surface area contributed by atoms with E-state index in [4.69, 9.17) is 0 Å². The van der Waals surface area contributed by atoms with Crippen molar-refractivity contribution in [2.24, 2.45) is 7.05 Å². The Hall–Kier alpha value is -1.38. The summed E-state index contributed by atoms with van der Waals surface area (Å²) >= 11 is 0. The Morgan fingerprint density at radius 3 is 2.40 bits per heavy atom. The molecular formula is C12H17FN2. The lowest BCUT2D eigenvalue weighted by molar-refractivity contribution is 0.619. The lowest BCUT2D eigenvalue weighted by Gasteiger charge is -1.98. The van der Waals surface area contributed by atoms with Gasteiger partial charge in [-0.25, -0.2) is 9.37 Å². The number of fused-ring (bicyclic) bond motifs is 1. The van der Waals surface area contributed by atoms with Crippen molar-refractivity contribution in [1.82, 2.24) is 9.55 Å². The fourth-order valence-electron chi connectivity index (χ4n) is 1.44. The van der Waals surface area contributed by atoms with Gasteiger partial charge in [-0.3, -0.25) is 0 Å². The molecule has 0 amide bonds. The van der Waals surface area contributed by atoms with Gasteiger partial charge in [-0.2, -0.15) is 0 Å². The van der Waals surface area contributed by atoms with Gasteiger partial charge in [0.05, 0.1) is 11.0 Å². The SMILES string of the molecule is CC.Cc1cc2nc(C)n(C)c2cc1F. The van der Waals surface area contributed by atoms with Gasteiger partial charge in [0.2, 0.25) is 0 Å². The third kappa shape index (κ3) is 2.01. The number of hydrogen-bond donors (Lipinski definition) is 0. The van der Waals surface area contributed by atoms with Crippen LogP contribution in [0.15, 0.2) is 12.1 Å². The molecule has 1 aromatic heterocycles. The molecule has 0 unspecified atom stereocenters. The van der Waals surface area contributed by atoms with Crippen molar-refractivity contribution in [3.8, 4) is 0 Å². The average molecular weight is 208 g/mol. The molecule has 0 bridgehead atoms. The largest absolute Gasteiger partial charge is 0.331 e. The van der Waals surface area contributed by atoms with E-state index in [0.29, 0.717) is 5.56 Å². The van der Waals surface area contributed by atoms with Crippen LogP contribution in [0.1, 0.15) is 25.2 Å². The number of nitrogens with zero attached hydrogens (tertiary/aromatic N) is 2. The van der Waals surface area contributed by atoms with E-state index in [1.54, 1.807) is 13.0 Å². The molecule has 0 atom stereocenters. The van der Waals surface area contributed by atoms with Crippen LogP contribution in [-0.2, 0) is 7.05 Å². The maximum Gasteiger partial charge on any atom is 0.128 e. The number of aromatic nitrogens is 2. The molecule has 2 aromatic rings.